The summed E-state index contributed by atoms with van der Waals surface area (Å²) in [5.74, 6) is -0.580. The minimum absolute atomic E-state index is 0.0288. The molecule has 0 aliphatic carbocycles. The Morgan fingerprint density at radius 2 is 1.84 bits per heavy atom. The van der Waals surface area contributed by atoms with Crippen molar-refractivity contribution in [3.05, 3.63) is 88.4 Å². The van der Waals surface area contributed by atoms with Crippen LogP contribution in [0.3, 0.4) is 0 Å². The third-order valence-corrected chi connectivity index (χ3v) is 8.31. The maximum Gasteiger partial charge on any atom is 0.186 e. The molecule has 0 unspecified atom stereocenters. The van der Waals surface area contributed by atoms with Crippen molar-refractivity contribution in [1.82, 2.24) is 0 Å². The molecule has 0 aliphatic heterocycles. The molecule has 0 fully saturated rings. The average molecular weight is 505 g/mol. The Hall–Kier alpha value is -2.51. The normalized spacial score (nSPS) is 11.6. The van der Waals surface area contributed by atoms with Crippen LogP contribution in [0.15, 0.2) is 72.1 Å². The third kappa shape index (κ3) is 4.36. The van der Waals surface area contributed by atoms with Crippen LogP contribution in [0.2, 0.25) is 10.0 Å². The lowest BCUT2D eigenvalue weighted by Gasteiger charge is -2.14. The summed E-state index contributed by atoms with van der Waals surface area (Å²) in [6, 6.07) is 18.1. The molecule has 0 aliphatic rings. The number of ether oxygens (including phenoxy) is 1. The van der Waals surface area contributed by atoms with Gasteiger partial charge in [-0.1, -0.05) is 60.1 Å². The molecule has 4 aromatic rings. The van der Waals surface area contributed by atoms with Gasteiger partial charge in [0.15, 0.2) is 15.6 Å². The van der Waals surface area contributed by atoms with Gasteiger partial charge in [-0.25, -0.2) is 8.42 Å². The van der Waals surface area contributed by atoms with Gasteiger partial charge >= 0.3 is 0 Å². The van der Waals surface area contributed by atoms with E-state index in [0.717, 1.165) is 20.5 Å². The minimum atomic E-state index is -3.92. The fourth-order valence-electron chi connectivity index (χ4n) is 3.52. The number of thiophene rings is 1. The molecule has 4 rings (SSSR count). The van der Waals surface area contributed by atoms with Crippen molar-refractivity contribution in [3.63, 3.8) is 0 Å². The number of benzene rings is 3. The monoisotopic (exact) mass is 504 g/mol. The fraction of sp³-hybridized carbons (Fsp3) is 0.0833. The molecule has 0 saturated heterocycles. The van der Waals surface area contributed by atoms with Crippen LogP contribution >= 0.6 is 34.5 Å². The standard InChI is InChI=1S/C24H18Cl2O4S2/c1-14(27)19-8-7-16(22-10-15-5-3-4-6-21(15)31-22)9-17(19)13-32(28,29)23-12-18(25)11-20(26)24(23)30-2/h3-12,27H,1,13H2,2H3. The zero-order chi connectivity index (χ0) is 23.0. The first-order valence-electron chi connectivity index (χ1n) is 9.45. The Morgan fingerprint density at radius 3 is 2.53 bits per heavy atom. The summed E-state index contributed by atoms with van der Waals surface area (Å²) in [4.78, 5) is 0.877. The molecule has 0 atom stereocenters. The Bertz CT molecular complexity index is 1420. The highest BCUT2D eigenvalue weighted by molar-refractivity contribution is 7.90. The number of hydrogen-bond acceptors (Lipinski definition) is 5. The molecule has 0 amide bonds. The predicted molar refractivity (Wildman–Crippen MR) is 133 cm³/mol. The summed E-state index contributed by atoms with van der Waals surface area (Å²) in [6.07, 6.45) is 0. The highest BCUT2D eigenvalue weighted by Crippen LogP contribution is 2.39. The van der Waals surface area contributed by atoms with Crippen molar-refractivity contribution in [1.29, 1.82) is 0 Å². The maximum atomic E-state index is 13.3. The van der Waals surface area contributed by atoms with E-state index < -0.39 is 15.6 Å². The molecule has 1 N–H and O–H groups in total. The number of sulfone groups is 1. The number of hydrogen-bond donors (Lipinski definition) is 1. The minimum Gasteiger partial charge on any atom is -0.508 e. The molecule has 0 spiro atoms. The quantitative estimate of drug-likeness (QED) is 0.278. The van der Waals surface area contributed by atoms with Gasteiger partial charge < -0.3 is 9.84 Å². The van der Waals surface area contributed by atoms with Crippen molar-refractivity contribution >= 4 is 60.2 Å². The van der Waals surface area contributed by atoms with Gasteiger partial charge in [0.2, 0.25) is 0 Å². The van der Waals surface area contributed by atoms with E-state index in [2.05, 4.69) is 12.6 Å². The molecule has 1 heterocycles. The lowest BCUT2D eigenvalue weighted by atomic mass is 10.0. The topological polar surface area (TPSA) is 63.6 Å². The predicted octanol–water partition coefficient (Wildman–Crippen LogP) is 7.39. The average Bonchev–Trinajstić information content (AvgIpc) is 3.17. The first-order valence-corrected chi connectivity index (χ1v) is 12.7. The van der Waals surface area contributed by atoms with Crippen LogP contribution in [0, 0.1) is 0 Å². The van der Waals surface area contributed by atoms with Gasteiger partial charge in [0.25, 0.3) is 0 Å². The third-order valence-electron chi connectivity index (χ3n) is 4.99. The van der Waals surface area contributed by atoms with Crippen LogP contribution in [-0.2, 0) is 15.6 Å². The Kier molecular flexibility index (Phi) is 6.23. The number of aliphatic hydroxyl groups excluding tert-OH is 1. The van der Waals surface area contributed by atoms with E-state index in [1.807, 2.05) is 30.3 Å². The van der Waals surface area contributed by atoms with Crippen molar-refractivity contribution in [3.8, 4) is 16.2 Å². The van der Waals surface area contributed by atoms with Gasteiger partial charge in [0.1, 0.15) is 10.7 Å². The summed E-state index contributed by atoms with van der Waals surface area (Å²) in [5.41, 5.74) is 1.61. The summed E-state index contributed by atoms with van der Waals surface area (Å²) in [6.45, 7) is 3.58. The first-order chi connectivity index (χ1) is 15.2. The van der Waals surface area contributed by atoms with Crippen molar-refractivity contribution in [2.45, 2.75) is 10.6 Å². The van der Waals surface area contributed by atoms with Crippen LogP contribution in [0.25, 0.3) is 26.3 Å². The van der Waals surface area contributed by atoms with Gasteiger partial charge in [-0.2, -0.15) is 0 Å². The number of fused-ring (bicyclic) bond motifs is 1. The summed E-state index contributed by atoms with van der Waals surface area (Å²) in [7, 11) is -2.58. The van der Waals surface area contributed by atoms with Crippen LogP contribution in [-0.4, -0.2) is 20.6 Å². The van der Waals surface area contributed by atoms with Crippen LogP contribution in [0.5, 0.6) is 5.75 Å². The molecule has 0 saturated carbocycles. The number of halogens is 2. The van der Waals surface area contributed by atoms with E-state index in [1.54, 1.807) is 23.5 Å². The van der Waals surface area contributed by atoms with E-state index in [4.69, 9.17) is 27.9 Å². The zero-order valence-corrected chi connectivity index (χ0v) is 20.1. The van der Waals surface area contributed by atoms with E-state index in [9.17, 15) is 13.5 Å². The molecule has 164 valence electrons. The first kappa shape index (κ1) is 22.7. The molecule has 8 heteroatoms. The second-order valence-corrected chi connectivity index (χ2v) is 11.0. The molecular weight excluding hydrogens is 487 g/mol. The second-order valence-electron chi connectivity index (χ2n) is 7.15. The van der Waals surface area contributed by atoms with Gasteiger partial charge in [0.05, 0.1) is 17.9 Å². The lowest BCUT2D eigenvalue weighted by Crippen LogP contribution is -2.09. The van der Waals surface area contributed by atoms with Crippen molar-refractivity contribution in [2.24, 2.45) is 0 Å². The SMILES string of the molecule is C=C(O)c1ccc(-c2cc3ccccc3s2)cc1CS(=O)(=O)c1cc(Cl)cc(Cl)c1OC. The molecule has 3 aromatic carbocycles. The lowest BCUT2D eigenvalue weighted by molar-refractivity contribution is 0.403. The highest BCUT2D eigenvalue weighted by atomic mass is 35.5. The fourth-order valence-corrected chi connectivity index (χ4v) is 6.86. The van der Waals surface area contributed by atoms with E-state index >= 15 is 0 Å². The van der Waals surface area contributed by atoms with Gasteiger partial charge in [0, 0.05) is 20.2 Å². The largest absolute Gasteiger partial charge is 0.508 e. The number of aliphatic hydroxyl groups is 1. The highest BCUT2D eigenvalue weighted by Gasteiger charge is 2.25. The molecule has 0 radical (unpaired) electrons. The molecule has 1 aromatic heterocycles. The molecule has 4 nitrogen and oxygen atoms in total. The maximum absolute atomic E-state index is 13.3. The van der Waals surface area contributed by atoms with Gasteiger partial charge in [-0.15, -0.1) is 11.3 Å². The van der Waals surface area contributed by atoms with Crippen LogP contribution < -0.4 is 4.74 Å². The molecule has 0 bridgehead atoms. The summed E-state index contributed by atoms with van der Waals surface area (Å²) < 4.78 is 33.0. The van der Waals surface area contributed by atoms with E-state index in [-0.39, 0.29) is 26.4 Å². The van der Waals surface area contributed by atoms with Crippen LogP contribution in [0.1, 0.15) is 11.1 Å². The van der Waals surface area contributed by atoms with Gasteiger partial charge in [-0.3, -0.25) is 0 Å². The zero-order valence-electron chi connectivity index (χ0n) is 16.9. The smallest absolute Gasteiger partial charge is 0.186 e. The number of rotatable bonds is 6. The molecule has 32 heavy (non-hydrogen) atoms. The molecular formula is C24H18Cl2O4S2. The van der Waals surface area contributed by atoms with Gasteiger partial charge in [-0.05, 0) is 46.8 Å². The second kappa shape index (κ2) is 8.79. The summed E-state index contributed by atoms with van der Waals surface area (Å²) in [5, 5.41) is 11.5. The van der Waals surface area contributed by atoms with E-state index in [0.29, 0.717) is 11.1 Å². The van der Waals surface area contributed by atoms with Crippen LogP contribution in [0.4, 0.5) is 0 Å². The van der Waals surface area contributed by atoms with E-state index in [1.165, 1.54) is 19.2 Å². The number of methoxy groups -OCH3 is 1. The Labute approximate surface area is 200 Å². The summed E-state index contributed by atoms with van der Waals surface area (Å²) >= 11 is 13.8. The Balaban J connectivity index is 1.82. The van der Waals surface area contributed by atoms with Crippen molar-refractivity contribution < 1.29 is 18.3 Å². The van der Waals surface area contributed by atoms with Crippen molar-refractivity contribution in [2.75, 3.05) is 7.11 Å². The Morgan fingerprint density at radius 1 is 1.09 bits per heavy atom.